The van der Waals surface area contributed by atoms with E-state index in [1.165, 1.54) is 6.07 Å². The Labute approximate surface area is 128 Å². The summed E-state index contributed by atoms with van der Waals surface area (Å²) >= 11 is 6.69. The van der Waals surface area contributed by atoms with E-state index in [2.05, 4.69) is 31.9 Å². The van der Waals surface area contributed by atoms with Gasteiger partial charge in [0.05, 0.1) is 4.47 Å². The molecule has 2 rings (SSSR count). The van der Waals surface area contributed by atoms with Crippen LogP contribution < -0.4 is 10.5 Å². The minimum Gasteiger partial charge on any atom is -0.453 e. The molecule has 100 valence electrons. The van der Waals surface area contributed by atoms with E-state index in [0.717, 1.165) is 14.5 Å². The Kier molecular flexibility index (Phi) is 4.60. The Morgan fingerprint density at radius 2 is 1.84 bits per heavy atom. The smallest absolute Gasteiger partial charge is 0.165 e. The van der Waals surface area contributed by atoms with Crippen LogP contribution in [-0.2, 0) is 0 Å². The fourth-order valence-corrected chi connectivity index (χ4v) is 2.37. The van der Waals surface area contributed by atoms with Crippen molar-refractivity contribution in [2.75, 3.05) is 0 Å². The first kappa shape index (κ1) is 14.5. The fourth-order valence-electron chi connectivity index (χ4n) is 1.56. The van der Waals surface area contributed by atoms with Crippen LogP contribution in [-0.4, -0.2) is 0 Å². The topological polar surface area (TPSA) is 35.2 Å². The lowest BCUT2D eigenvalue weighted by Gasteiger charge is -2.12. The highest BCUT2D eigenvalue weighted by Crippen LogP contribution is 2.33. The largest absolute Gasteiger partial charge is 0.453 e. The van der Waals surface area contributed by atoms with Crippen molar-refractivity contribution in [2.24, 2.45) is 5.73 Å². The Hall–Kier alpha value is -0.910. The van der Waals surface area contributed by atoms with Gasteiger partial charge in [-0.05, 0) is 58.7 Å². The third-order valence-corrected chi connectivity index (χ3v) is 3.71. The van der Waals surface area contributed by atoms with Gasteiger partial charge in [0.2, 0.25) is 0 Å². The van der Waals surface area contributed by atoms with Crippen molar-refractivity contribution in [1.82, 2.24) is 0 Å². The van der Waals surface area contributed by atoms with Crippen molar-refractivity contribution in [2.45, 2.75) is 13.0 Å². The Morgan fingerprint density at radius 1 is 1.11 bits per heavy atom. The molecule has 0 saturated heterocycles. The predicted octanol–water partition coefficient (Wildman–Crippen LogP) is 5.16. The summed E-state index contributed by atoms with van der Waals surface area (Å²) in [4.78, 5) is 0. The lowest BCUT2D eigenvalue weighted by atomic mass is 10.1. The zero-order chi connectivity index (χ0) is 14.0. The summed E-state index contributed by atoms with van der Waals surface area (Å²) < 4.78 is 20.7. The van der Waals surface area contributed by atoms with Crippen molar-refractivity contribution in [1.29, 1.82) is 0 Å². The maximum atomic E-state index is 13.6. The molecule has 2 nitrogen and oxygen atoms in total. The number of hydrogen-bond donors (Lipinski definition) is 1. The fraction of sp³-hybridized carbons (Fsp3) is 0.143. The van der Waals surface area contributed by atoms with E-state index >= 15 is 0 Å². The summed E-state index contributed by atoms with van der Waals surface area (Å²) in [6.45, 7) is 1.90. The lowest BCUT2D eigenvalue weighted by molar-refractivity contribution is 0.439. The maximum Gasteiger partial charge on any atom is 0.165 e. The van der Waals surface area contributed by atoms with Crippen molar-refractivity contribution in [3.05, 3.63) is 56.7 Å². The van der Waals surface area contributed by atoms with Crippen LogP contribution in [0.15, 0.2) is 45.3 Å². The zero-order valence-electron chi connectivity index (χ0n) is 10.2. The summed E-state index contributed by atoms with van der Waals surface area (Å²) in [5.74, 6) is 0.302. The number of ether oxygens (including phenoxy) is 1. The average Bonchev–Trinajstić information content (AvgIpc) is 2.36. The molecule has 0 aromatic heterocycles. The second kappa shape index (κ2) is 6.03. The maximum absolute atomic E-state index is 13.6. The highest BCUT2D eigenvalue weighted by molar-refractivity contribution is 9.10. The molecule has 0 aliphatic rings. The molecule has 19 heavy (non-hydrogen) atoms. The highest BCUT2D eigenvalue weighted by atomic mass is 79.9. The van der Waals surface area contributed by atoms with E-state index < -0.39 is 5.82 Å². The van der Waals surface area contributed by atoms with E-state index in [0.29, 0.717) is 5.75 Å². The number of halogens is 3. The van der Waals surface area contributed by atoms with Gasteiger partial charge in [0.25, 0.3) is 0 Å². The number of rotatable bonds is 3. The van der Waals surface area contributed by atoms with Gasteiger partial charge in [-0.1, -0.05) is 22.0 Å². The van der Waals surface area contributed by atoms with Gasteiger partial charge < -0.3 is 10.5 Å². The van der Waals surface area contributed by atoms with E-state index in [4.69, 9.17) is 10.5 Å². The first-order chi connectivity index (χ1) is 8.97. The minimum absolute atomic E-state index is 0.0621. The van der Waals surface area contributed by atoms with Gasteiger partial charge in [0, 0.05) is 10.5 Å². The van der Waals surface area contributed by atoms with Gasteiger partial charge in [-0.3, -0.25) is 0 Å². The molecule has 2 aromatic carbocycles. The van der Waals surface area contributed by atoms with E-state index in [-0.39, 0.29) is 11.8 Å². The van der Waals surface area contributed by atoms with E-state index in [1.807, 2.05) is 19.1 Å². The molecule has 0 heterocycles. The molecule has 2 N–H and O–H groups in total. The van der Waals surface area contributed by atoms with Crippen LogP contribution in [0.5, 0.6) is 11.5 Å². The minimum atomic E-state index is -0.411. The van der Waals surface area contributed by atoms with Gasteiger partial charge in [-0.2, -0.15) is 0 Å². The SMILES string of the molecule is CC(N)c1ccc(Oc2cc(Br)ccc2F)c(Br)c1. The Balaban J connectivity index is 2.31. The third kappa shape index (κ3) is 3.55. The number of hydrogen-bond acceptors (Lipinski definition) is 2. The molecule has 0 radical (unpaired) electrons. The zero-order valence-corrected chi connectivity index (χ0v) is 13.3. The molecular formula is C14H12Br2FNO. The summed E-state index contributed by atoms with van der Waals surface area (Å²) in [6.07, 6.45) is 0. The summed E-state index contributed by atoms with van der Waals surface area (Å²) in [7, 11) is 0. The molecule has 0 spiro atoms. The predicted molar refractivity (Wildman–Crippen MR) is 80.9 cm³/mol. The molecule has 0 aliphatic carbocycles. The normalized spacial score (nSPS) is 12.3. The molecule has 0 saturated carbocycles. The highest BCUT2D eigenvalue weighted by Gasteiger charge is 2.10. The summed E-state index contributed by atoms with van der Waals surface area (Å²) in [6, 6.07) is 9.99. The first-order valence-electron chi connectivity index (χ1n) is 5.65. The first-order valence-corrected chi connectivity index (χ1v) is 7.24. The number of benzene rings is 2. The van der Waals surface area contributed by atoms with Crippen LogP contribution in [0.25, 0.3) is 0 Å². The molecular weight excluding hydrogens is 377 g/mol. The van der Waals surface area contributed by atoms with Crippen LogP contribution in [0.1, 0.15) is 18.5 Å². The second-order valence-corrected chi connectivity index (χ2v) is 5.93. The van der Waals surface area contributed by atoms with Crippen LogP contribution in [0.4, 0.5) is 4.39 Å². The van der Waals surface area contributed by atoms with Crippen molar-refractivity contribution in [3.63, 3.8) is 0 Å². The molecule has 0 bridgehead atoms. The van der Waals surface area contributed by atoms with Gasteiger partial charge in [-0.15, -0.1) is 0 Å². The van der Waals surface area contributed by atoms with Gasteiger partial charge in [0.15, 0.2) is 11.6 Å². The van der Waals surface area contributed by atoms with Gasteiger partial charge in [0.1, 0.15) is 5.75 Å². The van der Waals surface area contributed by atoms with Crippen LogP contribution in [0.3, 0.4) is 0 Å². The average molecular weight is 389 g/mol. The third-order valence-electron chi connectivity index (χ3n) is 2.59. The second-order valence-electron chi connectivity index (χ2n) is 4.16. The summed E-state index contributed by atoms with van der Waals surface area (Å²) in [5, 5.41) is 0. The van der Waals surface area contributed by atoms with Crippen LogP contribution >= 0.6 is 31.9 Å². The van der Waals surface area contributed by atoms with Crippen LogP contribution in [0, 0.1) is 5.82 Å². The molecule has 2 aromatic rings. The molecule has 0 amide bonds. The monoisotopic (exact) mass is 387 g/mol. The van der Waals surface area contributed by atoms with Gasteiger partial charge >= 0.3 is 0 Å². The van der Waals surface area contributed by atoms with Crippen molar-refractivity contribution < 1.29 is 9.13 Å². The Morgan fingerprint density at radius 3 is 2.47 bits per heavy atom. The van der Waals surface area contributed by atoms with Crippen LogP contribution in [0.2, 0.25) is 0 Å². The molecule has 1 unspecified atom stereocenters. The number of nitrogens with two attached hydrogens (primary N) is 1. The lowest BCUT2D eigenvalue weighted by Crippen LogP contribution is -2.04. The molecule has 0 aliphatic heterocycles. The van der Waals surface area contributed by atoms with Gasteiger partial charge in [-0.25, -0.2) is 4.39 Å². The van der Waals surface area contributed by atoms with E-state index in [1.54, 1.807) is 18.2 Å². The van der Waals surface area contributed by atoms with E-state index in [9.17, 15) is 4.39 Å². The quantitative estimate of drug-likeness (QED) is 0.787. The molecule has 0 fully saturated rings. The molecule has 1 atom stereocenters. The Bertz CT molecular complexity index is 602. The van der Waals surface area contributed by atoms with Crippen molar-refractivity contribution in [3.8, 4) is 11.5 Å². The van der Waals surface area contributed by atoms with Crippen molar-refractivity contribution >= 4 is 31.9 Å². The standard InChI is InChI=1S/C14H12Br2FNO/c1-8(18)9-2-5-13(11(16)6-9)19-14-7-10(15)3-4-12(14)17/h2-8H,18H2,1H3. The molecule has 5 heteroatoms. The summed E-state index contributed by atoms with van der Waals surface area (Å²) in [5.41, 5.74) is 6.78.